The minimum Gasteiger partial charge on any atom is -0.497 e. The highest BCUT2D eigenvalue weighted by atomic mass is 16.7. The van der Waals surface area contributed by atoms with Crippen molar-refractivity contribution in [3.63, 3.8) is 0 Å². The highest BCUT2D eigenvalue weighted by Gasteiger charge is 2.41. The number of rotatable bonds is 7. The molecule has 42 heavy (non-hydrogen) atoms. The van der Waals surface area contributed by atoms with Crippen molar-refractivity contribution < 1.29 is 33.3 Å². The monoisotopic (exact) mass is 568 g/mol. The van der Waals surface area contributed by atoms with Crippen LogP contribution < -0.4 is 34.3 Å². The van der Waals surface area contributed by atoms with Crippen LogP contribution in [0.5, 0.6) is 28.7 Å². The number of hydrogen-bond acceptors (Lipinski definition) is 8. The molecule has 2 heterocycles. The van der Waals surface area contributed by atoms with Gasteiger partial charge in [0.05, 0.1) is 21.3 Å². The number of fused-ring (bicyclic) bond motifs is 1. The summed E-state index contributed by atoms with van der Waals surface area (Å²) < 4.78 is 27.3. The molecule has 9 nitrogen and oxygen atoms in total. The predicted octanol–water partition coefficient (Wildman–Crippen LogP) is 5.44. The van der Waals surface area contributed by atoms with Crippen molar-refractivity contribution in [1.29, 1.82) is 0 Å². The molecule has 2 aliphatic heterocycles. The Bertz CT molecular complexity index is 1620. The van der Waals surface area contributed by atoms with E-state index in [0.29, 0.717) is 64.1 Å². The fourth-order valence-electron chi connectivity index (χ4n) is 5.98. The molecule has 0 spiro atoms. The number of Topliss-reactive ketones (excluding diaryl/α,β-unsaturated/α-hetero) is 1. The first-order valence-corrected chi connectivity index (χ1v) is 13.7. The zero-order valence-electron chi connectivity index (χ0n) is 23.9. The molecule has 9 heteroatoms. The van der Waals surface area contributed by atoms with E-state index in [0.717, 1.165) is 16.8 Å². The van der Waals surface area contributed by atoms with Crippen molar-refractivity contribution in [2.45, 2.75) is 31.6 Å². The third-order valence-electron chi connectivity index (χ3n) is 8.03. The average molecular weight is 569 g/mol. The van der Waals surface area contributed by atoms with Gasteiger partial charge >= 0.3 is 0 Å². The van der Waals surface area contributed by atoms with Crippen molar-refractivity contribution >= 4 is 17.4 Å². The molecule has 3 aliphatic rings. The number of nitrogens with one attached hydrogen (secondary N) is 2. The zero-order valence-corrected chi connectivity index (χ0v) is 23.9. The van der Waals surface area contributed by atoms with Gasteiger partial charge in [-0.15, -0.1) is 0 Å². The van der Waals surface area contributed by atoms with Crippen LogP contribution in [0.3, 0.4) is 0 Å². The van der Waals surface area contributed by atoms with Crippen LogP contribution in [0.15, 0.2) is 83.2 Å². The smallest absolute Gasteiger partial charge is 0.254 e. The van der Waals surface area contributed by atoms with Gasteiger partial charge in [0, 0.05) is 40.6 Å². The number of carbonyl (C=O) groups is 2. The van der Waals surface area contributed by atoms with Crippen LogP contribution in [-0.2, 0) is 9.59 Å². The number of hydrogen-bond donors (Lipinski definition) is 2. The number of methoxy groups -OCH3 is 3. The summed E-state index contributed by atoms with van der Waals surface area (Å²) in [6.45, 7) is 2.00. The van der Waals surface area contributed by atoms with Crippen molar-refractivity contribution in [3.8, 4) is 28.7 Å². The Balaban J connectivity index is 1.39. The summed E-state index contributed by atoms with van der Waals surface area (Å²) in [7, 11) is 4.78. The highest BCUT2D eigenvalue weighted by molar-refractivity contribution is 6.10. The summed E-state index contributed by atoms with van der Waals surface area (Å²) in [5, 5.41) is 6.44. The second kappa shape index (κ2) is 11.2. The van der Waals surface area contributed by atoms with Crippen LogP contribution in [0.25, 0.3) is 0 Å². The Morgan fingerprint density at radius 1 is 0.857 bits per heavy atom. The third kappa shape index (κ3) is 4.91. The molecule has 0 fully saturated rings. The van der Waals surface area contributed by atoms with E-state index in [4.69, 9.17) is 23.7 Å². The first kappa shape index (κ1) is 27.3. The second-order valence-corrected chi connectivity index (χ2v) is 10.4. The van der Waals surface area contributed by atoms with E-state index in [1.165, 1.54) is 0 Å². The maximum atomic E-state index is 14.0. The van der Waals surface area contributed by atoms with Crippen LogP contribution in [0, 0.1) is 0 Å². The SMILES string of the molecule is COc1ccc(NC(=O)C2=C(C)NC3=C(C(=O)C[C@H](c4ccc(OC)c(OC)c4)C3)[C@@H]2c2ccc3c(c2)OCO3)cc1. The molecule has 0 aromatic heterocycles. The molecule has 1 aliphatic carbocycles. The maximum Gasteiger partial charge on any atom is 0.254 e. The first-order valence-electron chi connectivity index (χ1n) is 13.7. The van der Waals surface area contributed by atoms with Crippen LogP contribution in [0.2, 0.25) is 0 Å². The Kier molecular flexibility index (Phi) is 7.24. The maximum absolute atomic E-state index is 14.0. The molecule has 0 saturated carbocycles. The Hall–Kier alpha value is -4.92. The van der Waals surface area contributed by atoms with Crippen LogP contribution in [-0.4, -0.2) is 39.8 Å². The molecule has 6 rings (SSSR count). The molecule has 0 unspecified atom stereocenters. The van der Waals surface area contributed by atoms with Gasteiger partial charge in [0.25, 0.3) is 5.91 Å². The number of dihydropyridines is 1. The van der Waals surface area contributed by atoms with Crippen LogP contribution in [0.1, 0.15) is 42.7 Å². The Morgan fingerprint density at radius 3 is 2.33 bits per heavy atom. The van der Waals surface area contributed by atoms with E-state index >= 15 is 0 Å². The Morgan fingerprint density at radius 2 is 1.60 bits per heavy atom. The standard InChI is InChI=1S/C33H32N2O7/c1-18-30(33(37)35-22-7-9-23(38-2)10-8-22)31(20-6-12-27-29(16-20)42-17-41-27)32-24(34-18)13-21(14-25(32)36)19-5-11-26(39-3)28(15-19)40-4/h5-12,15-16,21,31,34H,13-14,17H2,1-4H3,(H,35,37)/t21-,31-/m1/s1. The van der Waals surface area contributed by atoms with Gasteiger partial charge in [0.2, 0.25) is 6.79 Å². The van der Waals surface area contributed by atoms with Crippen molar-refractivity contribution in [3.05, 3.63) is 94.3 Å². The lowest BCUT2D eigenvalue weighted by atomic mass is 9.71. The van der Waals surface area contributed by atoms with E-state index in [1.54, 1.807) is 45.6 Å². The fourth-order valence-corrected chi connectivity index (χ4v) is 5.98. The normalized spacial score (nSPS) is 19.2. The van der Waals surface area contributed by atoms with Crippen molar-refractivity contribution in [2.75, 3.05) is 33.4 Å². The molecule has 216 valence electrons. The minimum atomic E-state index is -0.590. The summed E-state index contributed by atoms with van der Waals surface area (Å²) in [6.07, 6.45) is 0.895. The van der Waals surface area contributed by atoms with Gasteiger partial charge < -0.3 is 34.3 Å². The predicted molar refractivity (Wildman–Crippen MR) is 156 cm³/mol. The summed E-state index contributed by atoms with van der Waals surface area (Å²) in [5.74, 6) is 2.19. The number of allylic oxidation sites excluding steroid dienone is 3. The summed E-state index contributed by atoms with van der Waals surface area (Å²) in [4.78, 5) is 27.9. The number of carbonyl (C=O) groups excluding carboxylic acids is 2. The molecule has 0 bridgehead atoms. The lowest BCUT2D eigenvalue weighted by Gasteiger charge is -2.37. The molecular weight excluding hydrogens is 536 g/mol. The Labute approximate surface area is 244 Å². The lowest BCUT2D eigenvalue weighted by molar-refractivity contribution is -0.116. The third-order valence-corrected chi connectivity index (χ3v) is 8.03. The highest BCUT2D eigenvalue weighted by Crippen LogP contribution is 2.48. The summed E-state index contributed by atoms with van der Waals surface area (Å²) in [5.41, 5.74) is 4.95. The van der Waals surface area contributed by atoms with E-state index in [1.807, 2.05) is 43.3 Å². The van der Waals surface area contributed by atoms with Gasteiger partial charge in [0.15, 0.2) is 28.8 Å². The number of ether oxygens (including phenoxy) is 5. The molecule has 0 saturated heterocycles. The quantitative estimate of drug-likeness (QED) is 0.388. The average Bonchev–Trinajstić information content (AvgIpc) is 3.48. The minimum absolute atomic E-state index is 0.0200. The van der Waals surface area contributed by atoms with E-state index in [2.05, 4.69) is 10.6 Å². The molecular formula is C33H32N2O7. The number of ketones is 1. The molecule has 0 radical (unpaired) electrons. The zero-order chi connectivity index (χ0) is 29.4. The van der Waals surface area contributed by atoms with Gasteiger partial charge in [0.1, 0.15) is 5.75 Å². The van der Waals surface area contributed by atoms with Crippen LogP contribution in [0.4, 0.5) is 5.69 Å². The van der Waals surface area contributed by atoms with Crippen molar-refractivity contribution in [2.24, 2.45) is 0 Å². The molecule has 3 aromatic rings. The fraction of sp³-hybridized carbons (Fsp3) is 0.273. The van der Waals surface area contributed by atoms with E-state index < -0.39 is 5.92 Å². The lowest BCUT2D eigenvalue weighted by Crippen LogP contribution is -2.37. The van der Waals surface area contributed by atoms with Crippen LogP contribution >= 0.6 is 0 Å². The molecule has 2 atom stereocenters. The molecule has 1 amide bonds. The largest absolute Gasteiger partial charge is 0.497 e. The number of benzene rings is 3. The van der Waals surface area contributed by atoms with E-state index in [9.17, 15) is 9.59 Å². The molecule has 2 N–H and O–H groups in total. The van der Waals surface area contributed by atoms with Crippen molar-refractivity contribution in [1.82, 2.24) is 5.32 Å². The number of anilines is 1. The summed E-state index contributed by atoms with van der Waals surface area (Å²) in [6, 6.07) is 18.5. The van der Waals surface area contributed by atoms with Gasteiger partial charge in [-0.1, -0.05) is 12.1 Å². The topological polar surface area (TPSA) is 104 Å². The first-order chi connectivity index (χ1) is 20.4. The van der Waals surface area contributed by atoms with Gasteiger partial charge in [-0.05, 0) is 78.9 Å². The van der Waals surface area contributed by atoms with Gasteiger partial charge in [-0.3, -0.25) is 9.59 Å². The second-order valence-electron chi connectivity index (χ2n) is 10.4. The molecule has 3 aromatic carbocycles. The number of amides is 1. The summed E-state index contributed by atoms with van der Waals surface area (Å²) >= 11 is 0. The van der Waals surface area contributed by atoms with E-state index in [-0.39, 0.29) is 24.4 Å². The van der Waals surface area contributed by atoms with Gasteiger partial charge in [-0.25, -0.2) is 0 Å². The van der Waals surface area contributed by atoms with Gasteiger partial charge in [-0.2, -0.15) is 0 Å².